The number of nitrogens with zero attached hydrogens (tertiary/aromatic N) is 6. The molecule has 0 bridgehead atoms. The third kappa shape index (κ3) is 4.52. The minimum atomic E-state index is 0.245. The van der Waals surface area contributed by atoms with Crippen LogP contribution in [0.15, 0.2) is 24.8 Å². The van der Waals surface area contributed by atoms with Crippen molar-refractivity contribution in [2.45, 2.75) is 45.6 Å². The van der Waals surface area contributed by atoms with Crippen LogP contribution in [0.4, 0.5) is 11.8 Å². The van der Waals surface area contributed by atoms with Crippen LogP contribution in [0.3, 0.4) is 0 Å². The first-order valence-corrected chi connectivity index (χ1v) is 10.6. The lowest BCUT2D eigenvalue weighted by molar-refractivity contribution is -0.138. The average Bonchev–Trinajstić information content (AvgIpc) is 3.24. The zero-order valence-corrected chi connectivity index (χ0v) is 17.5. The minimum absolute atomic E-state index is 0.245. The highest BCUT2D eigenvalue weighted by atomic mass is 16.2. The standard InChI is InChI=1S/C21H31N7O/c1-17-14-18(22-2)25-20(24-17)27-11-6-21(7-12-27)5-4-19(29)28(15-21)10-3-9-26-13-8-23-16-26/h8,13-14,16H,3-7,9-12,15H2,1-2H3,(H,22,24,25). The van der Waals surface area contributed by atoms with E-state index in [4.69, 9.17) is 0 Å². The molecule has 2 aromatic heterocycles. The molecule has 2 aromatic rings. The Morgan fingerprint density at radius 3 is 2.72 bits per heavy atom. The number of nitrogens with one attached hydrogen (secondary N) is 1. The zero-order chi connectivity index (χ0) is 20.3. The summed E-state index contributed by atoms with van der Waals surface area (Å²) in [6.45, 7) is 6.53. The van der Waals surface area contributed by atoms with E-state index in [2.05, 4.69) is 34.6 Å². The molecule has 0 atom stereocenters. The van der Waals surface area contributed by atoms with E-state index in [0.29, 0.717) is 12.3 Å². The van der Waals surface area contributed by atoms with Crippen molar-refractivity contribution in [1.29, 1.82) is 0 Å². The van der Waals surface area contributed by atoms with E-state index in [1.807, 2.05) is 32.6 Å². The summed E-state index contributed by atoms with van der Waals surface area (Å²) in [5.74, 6) is 1.98. The van der Waals surface area contributed by atoms with Crippen LogP contribution in [-0.2, 0) is 11.3 Å². The van der Waals surface area contributed by atoms with E-state index in [0.717, 1.165) is 75.9 Å². The molecule has 0 unspecified atom stereocenters. The van der Waals surface area contributed by atoms with Crippen LogP contribution in [0.2, 0.25) is 0 Å². The molecule has 2 saturated heterocycles. The Morgan fingerprint density at radius 1 is 1.17 bits per heavy atom. The van der Waals surface area contributed by atoms with Gasteiger partial charge in [0.25, 0.3) is 0 Å². The van der Waals surface area contributed by atoms with Crippen molar-refractivity contribution in [1.82, 2.24) is 24.4 Å². The van der Waals surface area contributed by atoms with E-state index in [1.165, 1.54) is 0 Å². The number of anilines is 2. The Kier molecular flexibility index (Phi) is 5.69. The number of likely N-dealkylation sites (tertiary alicyclic amines) is 1. The highest BCUT2D eigenvalue weighted by molar-refractivity contribution is 5.77. The Morgan fingerprint density at radius 2 is 2.00 bits per heavy atom. The zero-order valence-electron chi connectivity index (χ0n) is 17.5. The molecule has 1 N–H and O–H groups in total. The fraction of sp³-hybridized carbons (Fsp3) is 0.619. The summed E-state index contributed by atoms with van der Waals surface area (Å²) in [4.78, 5) is 30.2. The molecule has 2 fully saturated rings. The van der Waals surface area contributed by atoms with Gasteiger partial charge in [0, 0.05) is 70.3 Å². The van der Waals surface area contributed by atoms with Gasteiger partial charge in [-0.15, -0.1) is 0 Å². The smallest absolute Gasteiger partial charge is 0.227 e. The third-order valence-electron chi connectivity index (χ3n) is 6.36. The molecule has 156 valence electrons. The Balaban J connectivity index is 1.34. The van der Waals surface area contributed by atoms with Crippen LogP contribution in [0.1, 0.15) is 37.8 Å². The molecule has 4 heterocycles. The van der Waals surface area contributed by atoms with Gasteiger partial charge in [0.2, 0.25) is 11.9 Å². The molecule has 2 aliphatic rings. The van der Waals surface area contributed by atoms with Crippen molar-refractivity contribution < 1.29 is 4.79 Å². The summed E-state index contributed by atoms with van der Waals surface area (Å²) in [6, 6.07) is 1.96. The number of piperidine rings is 2. The second-order valence-corrected chi connectivity index (χ2v) is 8.40. The number of hydrogen-bond acceptors (Lipinski definition) is 6. The summed E-state index contributed by atoms with van der Waals surface area (Å²) >= 11 is 0. The lowest BCUT2D eigenvalue weighted by Gasteiger charge is -2.47. The number of aromatic nitrogens is 4. The van der Waals surface area contributed by atoms with E-state index in [1.54, 1.807) is 6.20 Å². The average molecular weight is 398 g/mol. The maximum absolute atomic E-state index is 12.5. The monoisotopic (exact) mass is 397 g/mol. The lowest BCUT2D eigenvalue weighted by Crippen LogP contribution is -2.52. The summed E-state index contributed by atoms with van der Waals surface area (Å²) in [6.07, 6.45) is 10.4. The van der Waals surface area contributed by atoms with E-state index >= 15 is 0 Å². The number of aryl methyl sites for hydroxylation is 2. The number of carbonyl (C=O) groups is 1. The Labute approximate surface area is 172 Å². The van der Waals surface area contributed by atoms with E-state index in [9.17, 15) is 4.79 Å². The SMILES string of the molecule is CNc1cc(C)nc(N2CCC3(CCC(=O)N(CCCn4ccnc4)C3)CC2)n1. The van der Waals surface area contributed by atoms with Gasteiger partial charge >= 0.3 is 0 Å². The van der Waals surface area contributed by atoms with E-state index in [-0.39, 0.29) is 5.41 Å². The molecule has 8 nitrogen and oxygen atoms in total. The topological polar surface area (TPSA) is 79.2 Å². The molecule has 1 spiro atoms. The Hall–Kier alpha value is -2.64. The van der Waals surface area contributed by atoms with Crippen LogP contribution in [0.5, 0.6) is 0 Å². The molecule has 1 amide bonds. The van der Waals surface area contributed by atoms with Gasteiger partial charge in [0.1, 0.15) is 5.82 Å². The van der Waals surface area contributed by atoms with E-state index < -0.39 is 0 Å². The maximum atomic E-state index is 12.5. The predicted octanol–water partition coefficient (Wildman–Crippen LogP) is 2.32. The van der Waals surface area contributed by atoms with Gasteiger partial charge in [0.15, 0.2) is 0 Å². The Bertz CT molecular complexity index is 828. The molecule has 0 radical (unpaired) electrons. The highest BCUT2D eigenvalue weighted by Crippen LogP contribution is 2.40. The molecule has 2 aliphatic heterocycles. The number of hydrogen-bond donors (Lipinski definition) is 1. The van der Waals surface area contributed by atoms with Gasteiger partial charge in [-0.3, -0.25) is 4.79 Å². The minimum Gasteiger partial charge on any atom is -0.373 e. The summed E-state index contributed by atoms with van der Waals surface area (Å²) < 4.78 is 2.07. The molecule has 29 heavy (non-hydrogen) atoms. The second-order valence-electron chi connectivity index (χ2n) is 8.40. The summed E-state index contributed by atoms with van der Waals surface area (Å²) in [5.41, 5.74) is 1.22. The van der Waals surface area contributed by atoms with Crippen molar-refractivity contribution in [3.8, 4) is 0 Å². The van der Waals surface area contributed by atoms with Crippen LogP contribution >= 0.6 is 0 Å². The van der Waals surface area contributed by atoms with Crippen molar-refractivity contribution in [2.24, 2.45) is 5.41 Å². The van der Waals surface area contributed by atoms with Crippen molar-refractivity contribution in [3.05, 3.63) is 30.5 Å². The van der Waals surface area contributed by atoms with Crippen LogP contribution in [-0.4, -0.2) is 63.6 Å². The first kappa shape index (κ1) is 19.7. The molecule has 0 aliphatic carbocycles. The van der Waals surface area contributed by atoms with Crippen molar-refractivity contribution >= 4 is 17.7 Å². The summed E-state index contributed by atoms with van der Waals surface area (Å²) in [5, 5.41) is 3.12. The number of imidazole rings is 1. The fourth-order valence-electron chi connectivity index (χ4n) is 4.58. The third-order valence-corrected chi connectivity index (χ3v) is 6.36. The van der Waals surface area contributed by atoms with Gasteiger partial charge in [-0.2, -0.15) is 4.98 Å². The van der Waals surface area contributed by atoms with Crippen LogP contribution in [0.25, 0.3) is 0 Å². The molecule has 0 saturated carbocycles. The predicted molar refractivity (Wildman–Crippen MR) is 113 cm³/mol. The second kappa shape index (κ2) is 8.39. The van der Waals surface area contributed by atoms with Gasteiger partial charge in [-0.25, -0.2) is 9.97 Å². The highest BCUT2D eigenvalue weighted by Gasteiger charge is 2.41. The molecule has 0 aromatic carbocycles. The largest absolute Gasteiger partial charge is 0.373 e. The number of amides is 1. The van der Waals surface area contributed by atoms with Crippen LogP contribution < -0.4 is 10.2 Å². The van der Waals surface area contributed by atoms with Crippen LogP contribution in [0, 0.1) is 12.3 Å². The molecular formula is C21H31N7O. The van der Waals surface area contributed by atoms with Gasteiger partial charge in [0.05, 0.1) is 6.33 Å². The van der Waals surface area contributed by atoms with Gasteiger partial charge < -0.3 is 19.7 Å². The normalized spacial score (nSPS) is 19.0. The van der Waals surface area contributed by atoms with Gasteiger partial charge in [-0.1, -0.05) is 0 Å². The summed E-state index contributed by atoms with van der Waals surface area (Å²) in [7, 11) is 1.89. The molecule has 8 heteroatoms. The molecule has 4 rings (SSSR count). The quantitative estimate of drug-likeness (QED) is 0.806. The van der Waals surface area contributed by atoms with Crippen molar-refractivity contribution in [3.63, 3.8) is 0 Å². The van der Waals surface area contributed by atoms with Crippen molar-refractivity contribution in [2.75, 3.05) is 43.4 Å². The van der Waals surface area contributed by atoms with Gasteiger partial charge in [-0.05, 0) is 38.0 Å². The number of rotatable bonds is 6. The first-order chi connectivity index (χ1) is 14.1. The first-order valence-electron chi connectivity index (χ1n) is 10.6. The fourth-order valence-corrected chi connectivity index (χ4v) is 4.58. The number of carbonyl (C=O) groups excluding carboxylic acids is 1. The maximum Gasteiger partial charge on any atom is 0.227 e. The molecular weight excluding hydrogens is 366 g/mol. The lowest BCUT2D eigenvalue weighted by atomic mass is 9.72.